The van der Waals surface area contributed by atoms with E-state index in [0.717, 1.165) is 35.5 Å². The zero-order chi connectivity index (χ0) is 21.1. The topological polar surface area (TPSA) is 102 Å². The van der Waals surface area contributed by atoms with Crippen molar-refractivity contribution in [1.82, 2.24) is 4.98 Å². The molecular formula is C24H27N4O2+. The van der Waals surface area contributed by atoms with E-state index in [-0.39, 0.29) is 5.75 Å². The molecule has 6 heteroatoms. The fourth-order valence-corrected chi connectivity index (χ4v) is 3.94. The predicted octanol–water partition coefficient (Wildman–Crippen LogP) is 4.47. The average molecular weight is 404 g/mol. The molecule has 0 unspecified atom stereocenters. The molecule has 0 aliphatic heterocycles. The van der Waals surface area contributed by atoms with Gasteiger partial charge in [0.1, 0.15) is 0 Å². The standard InChI is InChI=1S/C24H26N4O2/c1-15-7-9-16(10-8-15)20-21(29)24(26-19-13-11-17(12-14-19)22(25)30)28-23(27-20)18-5-3-2-4-6-18/h7-14,18,29H,2-6H2,1H3,(H2,25,30)(H,26,27,28)/p+1. The Kier molecular flexibility index (Phi) is 5.65. The lowest BCUT2D eigenvalue weighted by atomic mass is 9.88. The van der Waals surface area contributed by atoms with E-state index in [0.29, 0.717) is 23.0 Å². The number of benzene rings is 2. The molecule has 5 N–H and O–H groups in total. The van der Waals surface area contributed by atoms with Gasteiger partial charge in [-0.15, -0.1) is 4.98 Å². The lowest BCUT2D eigenvalue weighted by molar-refractivity contribution is -0.383. The number of H-pyrrole nitrogens is 1. The van der Waals surface area contributed by atoms with Crippen molar-refractivity contribution in [1.29, 1.82) is 0 Å². The summed E-state index contributed by atoms with van der Waals surface area (Å²) in [6, 6.07) is 14.8. The minimum Gasteiger partial charge on any atom is -0.500 e. The molecule has 1 amide bonds. The number of nitrogens with one attached hydrogen (secondary N) is 2. The van der Waals surface area contributed by atoms with Crippen molar-refractivity contribution >= 4 is 17.4 Å². The van der Waals surface area contributed by atoms with Gasteiger partial charge in [-0.25, -0.2) is 4.98 Å². The number of anilines is 2. The number of aromatic hydroxyl groups is 1. The van der Waals surface area contributed by atoms with Crippen molar-refractivity contribution in [3.8, 4) is 17.0 Å². The normalized spacial score (nSPS) is 14.4. The number of aryl methyl sites for hydroxylation is 1. The summed E-state index contributed by atoms with van der Waals surface area (Å²) in [4.78, 5) is 19.5. The fourth-order valence-electron chi connectivity index (χ4n) is 3.94. The Hall–Kier alpha value is -3.41. The number of amides is 1. The van der Waals surface area contributed by atoms with Crippen LogP contribution in [0.5, 0.6) is 5.75 Å². The molecule has 3 aromatic rings. The molecule has 4 rings (SSSR count). The van der Waals surface area contributed by atoms with Crippen LogP contribution < -0.4 is 16.0 Å². The average Bonchev–Trinajstić information content (AvgIpc) is 2.77. The van der Waals surface area contributed by atoms with Crippen molar-refractivity contribution in [2.75, 3.05) is 5.32 Å². The first-order valence-electron chi connectivity index (χ1n) is 10.4. The molecule has 0 radical (unpaired) electrons. The van der Waals surface area contributed by atoms with Crippen LogP contribution >= 0.6 is 0 Å². The van der Waals surface area contributed by atoms with Crippen LogP contribution in [-0.4, -0.2) is 16.0 Å². The second-order valence-corrected chi connectivity index (χ2v) is 7.96. The van der Waals surface area contributed by atoms with E-state index in [1.807, 2.05) is 31.2 Å². The van der Waals surface area contributed by atoms with Gasteiger partial charge in [0, 0.05) is 17.0 Å². The molecule has 1 aliphatic rings. The monoisotopic (exact) mass is 403 g/mol. The Morgan fingerprint density at radius 2 is 1.73 bits per heavy atom. The molecule has 1 heterocycles. The van der Waals surface area contributed by atoms with E-state index in [4.69, 9.17) is 10.7 Å². The zero-order valence-electron chi connectivity index (χ0n) is 17.1. The number of primary amides is 1. The summed E-state index contributed by atoms with van der Waals surface area (Å²) in [5, 5.41) is 14.2. The van der Waals surface area contributed by atoms with Crippen molar-refractivity contribution in [2.45, 2.75) is 44.9 Å². The van der Waals surface area contributed by atoms with Crippen LogP contribution in [0.4, 0.5) is 11.5 Å². The van der Waals surface area contributed by atoms with Crippen LogP contribution in [0.1, 0.15) is 59.8 Å². The molecular weight excluding hydrogens is 376 g/mol. The Balaban J connectivity index is 1.74. The Bertz CT molecular complexity index is 1040. The van der Waals surface area contributed by atoms with Gasteiger partial charge in [0.25, 0.3) is 5.82 Å². The number of nitrogens with two attached hydrogens (primary N) is 1. The van der Waals surface area contributed by atoms with E-state index in [1.54, 1.807) is 24.3 Å². The first-order valence-corrected chi connectivity index (χ1v) is 10.4. The van der Waals surface area contributed by atoms with E-state index < -0.39 is 5.91 Å². The summed E-state index contributed by atoms with van der Waals surface area (Å²) in [6.07, 6.45) is 5.83. The minimum atomic E-state index is -0.471. The third-order valence-electron chi connectivity index (χ3n) is 5.70. The van der Waals surface area contributed by atoms with Crippen LogP contribution in [0.25, 0.3) is 11.3 Å². The van der Waals surface area contributed by atoms with E-state index in [9.17, 15) is 9.90 Å². The Labute approximate surface area is 176 Å². The first-order chi connectivity index (χ1) is 14.5. The molecule has 1 aliphatic carbocycles. The fraction of sp³-hybridized carbons (Fsp3) is 0.292. The Morgan fingerprint density at radius 3 is 2.37 bits per heavy atom. The maximum atomic E-state index is 11.3. The largest absolute Gasteiger partial charge is 0.500 e. The zero-order valence-corrected chi connectivity index (χ0v) is 17.1. The second kappa shape index (κ2) is 8.53. The van der Waals surface area contributed by atoms with Crippen molar-refractivity contribution < 1.29 is 14.9 Å². The summed E-state index contributed by atoms with van der Waals surface area (Å²) in [7, 11) is 0. The SMILES string of the molecule is Cc1ccc(-c2nc(C3CCCCC3)[nH+]c(Nc3ccc(C(N)=O)cc3)c2O)cc1. The highest BCUT2D eigenvalue weighted by molar-refractivity contribution is 5.93. The van der Waals surface area contributed by atoms with E-state index in [1.165, 1.54) is 19.3 Å². The van der Waals surface area contributed by atoms with E-state index in [2.05, 4.69) is 10.3 Å². The molecule has 1 saturated carbocycles. The Morgan fingerprint density at radius 1 is 1.07 bits per heavy atom. The van der Waals surface area contributed by atoms with Crippen LogP contribution in [0, 0.1) is 6.92 Å². The molecule has 0 bridgehead atoms. The quantitative estimate of drug-likeness (QED) is 0.585. The van der Waals surface area contributed by atoms with Gasteiger partial charge >= 0.3 is 0 Å². The highest BCUT2D eigenvalue weighted by atomic mass is 16.3. The molecule has 0 atom stereocenters. The molecule has 6 nitrogen and oxygen atoms in total. The first kappa shape index (κ1) is 19.9. The summed E-state index contributed by atoms with van der Waals surface area (Å²) in [6.45, 7) is 2.03. The van der Waals surface area contributed by atoms with Crippen LogP contribution in [0.15, 0.2) is 48.5 Å². The van der Waals surface area contributed by atoms with Crippen molar-refractivity contribution in [2.24, 2.45) is 5.73 Å². The lowest BCUT2D eigenvalue weighted by Gasteiger charge is -2.19. The molecule has 154 valence electrons. The molecule has 2 aromatic carbocycles. The third kappa shape index (κ3) is 4.27. The van der Waals surface area contributed by atoms with Gasteiger partial charge in [-0.3, -0.25) is 10.1 Å². The van der Waals surface area contributed by atoms with Gasteiger partial charge in [-0.05, 0) is 44.0 Å². The van der Waals surface area contributed by atoms with Gasteiger partial charge in [-0.2, -0.15) is 0 Å². The van der Waals surface area contributed by atoms with Crippen LogP contribution in [-0.2, 0) is 0 Å². The number of aromatic nitrogens is 2. The number of hydrogen-bond donors (Lipinski definition) is 3. The van der Waals surface area contributed by atoms with Gasteiger partial charge in [0.2, 0.25) is 17.5 Å². The lowest BCUT2D eigenvalue weighted by Crippen LogP contribution is -2.23. The number of hydrogen-bond acceptors (Lipinski definition) is 4. The highest BCUT2D eigenvalue weighted by Crippen LogP contribution is 2.36. The van der Waals surface area contributed by atoms with Gasteiger partial charge in [-0.1, -0.05) is 49.1 Å². The summed E-state index contributed by atoms with van der Waals surface area (Å²) >= 11 is 0. The number of aromatic amines is 1. The van der Waals surface area contributed by atoms with Crippen LogP contribution in [0.3, 0.4) is 0 Å². The number of rotatable bonds is 5. The maximum absolute atomic E-state index is 11.3. The molecule has 1 fully saturated rings. The summed E-state index contributed by atoms with van der Waals surface area (Å²) < 4.78 is 0. The van der Waals surface area contributed by atoms with Crippen molar-refractivity contribution in [3.63, 3.8) is 0 Å². The molecule has 30 heavy (non-hydrogen) atoms. The van der Waals surface area contributed by atoms with Gasteiger partial charge < -0.3 is 10.8 Å². The van der Waals surface area contributed by atoms with Crippen molar-refractivity contribution in [3.05, 3.63) is 65.5 Å². The number of carbonyl (C=O) groups excluding carboxylic acids is 1. The van der Waals surface area contributed by atoms with Crippen LogP contribution in [0.2, 0.25) is 0 Å². The highest BCUT2D eigenvalue weighted by Gasteiger charge is 2.27. The minimum absolute atomic E-state index is 0.0670. The predicted molar refractivity (Wildman–Crippen MR) is 117 cm³/mol. The van der Waals surface area contributed by atoms with E-state index >= 15 is 0 Å². The number of carbonyl (C=O) groups is 1. The van der Waals surface area contributed by atoms with Gasteiger partial charge in [0.05, 0.1) is 5.69 Å². The molecule has 0 spiro atoms. The smallest absolute Gasteiger partial charge is 0.270 e. The number of nitrogens with zero attached hydrogens (tertiary/aromatic N) is 1. The maximum Gasteiger partial charge on any atom is 0.270 e. The molecule has 0 saturated heterocycles. The third-order valence-corrected chi connectivity index (χ3v) is 5.70. The molecule has 1 aromatic heterocycles. The summed E-state index contributed by atoms with van der Waals surface area (Å²) in [5.41, 5.74) is 9.09. The van der Waals surface area contributed by atoms with Gasteiger partial charge in [0.15, 0.2) is 5.69 Å². The second-order valence-electron chi connectivity index (χ2n) is 7.96. The summed E-state index contributed by atoms with van der Waals surface area (Å²) in [5.74, 6) is 1.33.